The molecule has 8 nitrogen and oxygen atoms in total. The van der Waals surface area contributed by atoms with Crippen molar-refractivity contribution in [2.24, 2.45) is 17.8 Å². The van der Waals surface area contributed by atoms with Crippen molar-refractivity contribution in [3.05, 3.63) is 0 Å². The first-order chi connectivity index (χ1) is 17.2. The summed E-state index contributed by atoms with van der Waals surface area (Å²) in [6.07, 6.45) is 1.66. The Hall–Kier alpha value is -1.77. The summed E-state index contributed by atoms with van der Waals surface area (Å²) in [6, 6.07) is 0. The average molecular weight is 526 g/mol. The van der Waals surface area contributed by atoms with Crippen LogP contribution in [0.4, 0.5) is 0 Å². The van der Waals surface area contributed by atoms with Gasteiger partial charge in [-0.2, -0.15) is 0 Å². The largest absolute Gasteiger partial charge is 0.299 e. The fourth-order valence-electron chi connectivity index (χ4n) is 3.15. The lowest BCUT2D eigenvalue weighted by Gasteiger charge is -2.29. The highest BCUT2D eigenvalue weighted by molar-refractivity contribution is 5.85. The molecule has 0 rings (SSSR count). The number of rotatable bonds is 20. The molecular weight excluding hydrogens is 470 g/mol. The van der Waals surface area contributed by atoms with Gasteiger partial charge in [-0.15, -0.1) is 0 Å². The van der Waals surface area contributed by atoms with Crippen molar-refractivity contribution < 1.29 is 24.0 Å². The standard InChI is InChI=1S/C26H47N3O5.C3H8/c1-9-23(31)15-28(16-24(32)19(2)3)12-10-27(14-22(8)30)11-13-29(17-25(33)20(4)5)18-26(34)21(6)7;1-3-2/h19-21H,9-18H2,1-8H3;3H2,1-2H3. The maximum Gasteiger partial charge on any atom is 0.149 e. The zero-order valence-corrected chi connectivity index (χ0v) is 25.4. The molecule has 0 saturated heterocycles. The van der Waals surface area contributed by atoms with Gasteiger partial charge in [0.1, 0.15) is 28.9 Å². The highest BCUT2D eigenvalue weighted by Crippen LogP contribution is 2.05. The van der Waals surface area contributed by atoms with Crippen molar-refractivity contribution in [2.75, 3.05) is 58.9 Å². The molecule has 0 N–H and O–H groups in total. The molecule has 0 aliphatic carbocycles. The minimum atomic E-state index is -0.117. The number of Topliss-reactive ketones (excluding diaryl/α,β-unsaturated/α-hetero) is 5. The lowest BCUT2D eigenvalue weighted by Crippen LogP contribution is -2.46. The van der Waals surface area contributed by atoms with E-state index in [-0.39, 0.29) is 79.4 Å². The van der Waals surface area contributed by atoms with Gasteiger partial charge in [-0.25, -0.2) is 0 Å². The first-order valence-corrected chi connectivity index (χ1v) is 13.9. The van der Waals surface area contributed by atoms with E-state index in [1.54, 1.807) is 6.92 Å². The number of carbonyl (C=O) groups is 5. The Bertz CT molecular complexity index is 682. The fourth-order valence-corrected chi connectivity index (χ4v) is 3.15. The van der Waals surface area contributed by atoms with E-state index in [9.17, 15) is 24.0 Å². The molecule has 0 bridgehead atoms. The molecule has 0 heterocycles. The van der Waals surface area contributed by atoms with Gasteiger partial charge in [-0.1, -0.05) is 68.7 Å². The van der Waals surface area contributed by atoms with Crippen LogP contribution >= 0.6 is 0 Å². The summed E-state index contributed by atoms with van der Waals surface area (Å²) in [4.78, 5) is 66.6. The van der Waals surface area contributed by atoms with Gasteiger partial charge in [0.2, 0.25) is 0 Å². The van der Waals surface area contributed by atoms with Gasteiger partial charge in [-0.3, -0.25) is 38.7 Å². The predicted molar refractivity (Wildman–Crippen MR) is 151 cm³/mol. The lowest BCUT2D eigenvalue weighted by molar-refractivity contribution is -0.127. The van der Waals surface area contributed by atoms with E-state index in [1.807, 2.05) is 56.2 Å². The van der Waals surface area contributed by atoms with Crippen LogP contribution < -0.4 is 0 Å². The Morgan fingerprint density at radius 2 is 0.811 bits per heavy atom. The van der Waals surface area contributed by atoms with E-state index in [1.165, 1.54) is 13.3 Å². The van der Waals surface area contributed by atoms with Crippen molar-refractivity contribution in [1.29, 1.82) is 0 Å². The third kappa shape index (κ3) is 19.9. The highest BCUT2D eigenvalue weighted by atomic mass is 16.1. The highest BCUT2D eigenvalue weighted by Gasteiger charge is 2.21. The zero-order valence-electron chi connectivity index (χ0n) is 25.4. The van der Waals surface area contributed by atoms with E-state index in [2.05, 4.69) is 13.8 Å². The van der Waals surface area contributed by atoms with Crippen LogP contribution in [0.3, 0.4) is 0 Å². The van der Waals surface area contributed by atoms with Crippen molar-refractivity contribution in [3.8, 4) is 0 Å². The topological polar surface area (TPSA) is 95.1 Å². The van der Waals surface area contributed by atoms with Gasteiger partial charge in [-0.05, 0) is 6.92 Å². The van der Waals surface area contributed by atoms with E-state index in [0.717, 1.165) is 0 Å². The number of hydrogen-bond donors (Lipinski definition) is 0. The Balaban J connectivity index is 0. The summed E-state index contributed by atoms with van der Waals surface area (Å²) in [6.45, 7) is 21.7. The van der Waals surface area contributed by atoms with E-state index >= 15 is 0 Å². The maximum atomic E-state index is 12.3. The minimum absolute atomic E-state index is 0.0116. The molecule has 0 fully saturated rings. The Morgan fingerprint density at radius 1 is 0.514 bits per heavy atom. The van der Waals surface area contributed by atoms with Gasteiger partial charge >= 0.3 is 0 Å². The second-order valence-electron chi connectivity index (χ2n) is 10.9. The van der Waals surface area contributed by atoms with Crippen LogP contribution in [0.2, 0.25) is 0 Å². The van der Waals surface area contributed by atoms with Crippen molar-refractivity contribution in [3.63, 3.8) is 0 Å². The molecule has 0 aromatic carbocycles. The van der Waals surface area contributed by atoms with Gasteiger partial charge in [0.05, 0.1) is 32.7 Å². The Kier molecular flexibility index (Phi) is 21.4. The summed E-state index contributed by atoms with van der Waals surface area (Å²) >= 11 is 0. The van der Waals surface area contributed by atoms with E-state index < -0.39 is 0 Å². The summed E-state index contributed by atoms with van der Waals surface area (Å²) in [5.74, 6) is -0.0399. The molecule has 0 amide bonds. The van der Waals surface area contributed by atoms with Crippen molar-refractivity contribution in [2.45, 2.75) is 82.1 Å². The first-order valence-electron chi connectivity index (χ1n) is 13.9. The monoisotopic (exact) mass is 525 g/mol. The zero-order chi connectivity index (χ0) is 29.1. The second kappa shape index (κ2) is 21.2. The van der Waals surface area contributed by atoms with E-state index in [4.69, 9.17) is 0 Å². The molecule has 0 aliphatic rings. The van der Waals surface area contributed by atoms with Crippen LogP contribution in [0.15, 0.2) is 0 Å². The summed E-state index contributed by atoms with van der Waals surface area (Å²) in [7, 11) is 0. The molecule has 0 radical (unpaired) electrons. The Labute approximate surface area is 226 Å². The predicted octanol–water partition coefficient (Wildman–Crippen LogP) is 3.55. The van der Waals surface area contributed by atoms with Gasteiger partial charge in [0, 0.05) is 50.4 Å². The van der Waals surface area contributed by atoms with Crippen LogP contribution in [0.1, 0.15) is 82.1 Å². The van der Waals surface area contributed by atoms with Crippen LogP contribution in [0.25, 0.3) is 0 Å². The Morgan fingerprint density at radius 3 is 1.08 bits per heavy atom. The molecule has 37 heavy (non-hydrogen) atoms. The summed E-state index contributed by atoms with van der Waals surface area (Å²) in [5.41, 5.74) is 0. The quantitative estimate of drug-likeness (QED) is 0.238. The SMILES string of the molecule is CCC.CCC(=O)CN(CCN(CCN(CC(=O)C(C)C)CC(=O)C(C)C)CC(C)=O)CC(=O)C(C)C. The van der Waals surface area contributed by atoms with Crippen molar-refractivity contribution >= 4 is 28.9 Å². The molecule has 0 saturated carbocycles. The average Bonchev–Trinajstić information content (AvgIpc) is 2.79. The third-order valence-electron chi connectivity index (χ3n) is 5.78. The van der Waals surface area contributed by atoms with E-state index in [0.29, 0.717) is 32.6 Å². The number of hydrogen-bond acceptors (Lipinski definition) is 8. The third-order valence-corrected chi connectivity index (χ3v) is 5.78. The smallest absolute Gasteiger partial charge is 0.149 e. The van der Waals surface area contributed by atoms with Crippen LogP contribution in [0.5, 0.6) is 0 Å². The fraction of sp³-hybridized carbons (Fsp3) is 0.828. The minimum Gasteiger partial charge on any atom is -0.299 e. The number of ketones is 5. The maximum absolute atomic E-state index is 12.3. The number of nitrogens with zero attached hydrogens (tertiary/aromatic N) is 3. The van der Waals surface area contributed by atoms with Crippen LogP contribution in [-0.2, 0) is 24.0 Å². The van der Waals surface area contributed by atoms with Crippen LogP contribution in [-0.4, -0.2) is 103 Å². The first kappa shape index (κ1) is 37.4. The van der Waals surface area contributed by atoms with Gasteiger partial charge in [0.15, 0.2) is 0 Å². The van der Waals surface area contributed by atoms with Gasteiger partial charge < -0.3 is 0 Å². The molecule has 0 aromatic heterocycles. The second-order valence-corrected chi connectivity index (χ2v) is 10.9. The molecule has 0 spiro atoms. The lowest BCUT2D eigenvalue weighted by atomic mass is 10.1. The molecule has 216 valence electrons. The molecular formula is C29H55N3O5. The molecule has 0 aromatic rings. The molecule has 0 aliphatic heterocycles. The molecule has 8 heteroatoms. The normalized spacial score (nSPS) is 11.5. The summed E-state index contributed by atoms with van der Waals surface area (Å²) < 4.78 is 0. The molecule has 0 atom stereocenters. The van der Waals surface area contributed by atoms with Gasteiger partial charge in [0.25, 0.3) is 0 Å². The van der Waals surface area contributed by atoms with Crippen molar-refractivity contribution in [1.82, 2.24) is 14.7 Å². The summed E-state index contributed by atoms with van der Waals surface area (Å²) in [5, 5.41) is 0. The van der Waals surface area contributed by atoms with Crippen LogP contribution in [0, 0.1) is 17.8 Å². The number of carbonyl (C=O) groups excluding carboxylic acids is 5. The molecule has 0 unspecified atom stereocenters.